The molecule has 0 rings (SSSR count). The first-order valence-electron chi connectivity index (χ1n) is 6.73. The molecular formula is C12H22N4O6S. The van der Waals surface area contributed by atoms with Crippen molar-refractivity contribution in [2.45, 2.75) is 18.5 Å². The number of carbonyl (C=O) groups is 4. The van der Waals surface area contributed by atoms with E-state index < -0.39 is 55.5 Å². The molecule has 0 spiro atoms. The lowest BCUT2D eigenvalue weighted by Crippen LogP contribution is -2.53. The van der Waals surface area contributed by atoms with Gasteiger partial charge in [-0.25, -0.2) is 0 Å². The Bertz CT molecular complexity index is 434. The number of carboxylic acids is 1. The molecule has 0 aromatic carbocycles. The summed E-state index contributed by atoms with van der Waals surface area (Å²) in [6, 6.07) is -2.04. The van der Waals surface area contributed by atoms with E-state index in [0.29, 0.717) is 12.2 Å². The quantitative estimate of drug-likeness (QED) is 0.227. The Morgan fingerprint density at radius 2 is 1.78 bits per heavy atom. The zero-order valence-corrected chi connectivity index (χ0v) is 13.5. The van der Waals surface area contributed by atoms with Crippen LogP contribution in [0.25, 0.3) is 0 Å². The third-order valence-electron chi connectivity index (χ3n) is 2.64. The second-order valence-corrected chi connectivity index (χ2v) is 5.51. The smallest absolute Gasteiger partial charge is 0.322 e. The lowest BCUT2D eigenvalue weighted by Gasteiger charge is -2.19. The highest BCUT2D eigenvalue weighted by Crippen LogP contribution is 2.01. The molecule has 2 atom stereocenters. The van der Waals surface area contributed by atoms with E-state index in [9.17, 15) is 19.2 Å². The van der Waals surface area contributed by atoms with Crippen LogP contribution in [0.5, 0.6) is 0 Å². The molecule has 23 heavy (non-hydrogen) atoms. The zero-order valence-electron chi connectivity index (χ0n) is 12.7. The number of carbonyl (C=O) groups excluding carboxylic acids is 3. The molecule has 0 aliphatic carbocycles. The third-order valence-corrected chi connectivity index (χ3v) is 3.28. The summed E-state index contributed by atoms with van der Waals surface area (Å²) in [5.74, 6) is -2.56. The van der Waals surface area contributed by atoms with Gasteiger partial charge in [0.2, 0.25) is 17.7 Å². The van der Waals surface area contributed by atoms with Crippen LogP contribution in [0.1, 0.15) is 6.42 Å². The number of rotatable bonds is 11. The van der Waals surface area contributed by atoms with E-state index in [-0.39, 0.29) is 0 Å². The highest BCUT2D eigenvalue weighted by molar-refractivity contribution is 7.98. The summed E-state index contributed by atoms with van der Waals surface area (Å²) >= 11 is 1.47. The average Bonchev–Trinajstić information content (AvgIpc) is 2.53. The molecule has 0 aliphatic rings. The molecule has 0 heterocycles. The number of aliphatic hydroxyl groups excluding tert-OH is 1. The molecular weight excluding hydrogens is 328 g/mol. The van der Waals surface area contributed by atoms with Gasteiger partial charge in [0.1, 0.15) is 18.6 Å². The topological polar surface area (TPSA) is 171 Å². The second-order valence-electron chi connectivity index (χ2n) is 4.52. The van der Waals surface area contributed by atoms with Crippen molar-refractivity contribution in [3.8, 4) is 0 Å². The minimum Gasteiger partial charge on any atom is -0.480 e. The molecule has 11 heteroatoms. The van der Waals surface area contributed by atoms with Gasteiger partial charge >= 0.3 is 5.97 Å². The number of nitrogens with one attached hydrogen (secondary N) is 3. The van der Waals surface area contributed by atoms with Crippen LogP contribution in [-0.4, -0.2) is 77.7 Å². The Morgan fingerprint density at radius 3 is 2.30 bits per heavy atom. The molecule has 2 unspecified atom stereocenters. The van der Waals surface area contributed by atoms with E-state index in [2.05, 4.69) is 16.0 Å². The van der Waals surface area contributed by atoms with E-state index in [1.54, 1.807) is 0 Å². The number of nitrogens with two attached hydrogens (primary N) is 1. The van der Waals surface area contributed by atoms with Crippen LogP contribution in [0.3, 0.4) is 0 Å². The Hall–Kier alpha value is -1.85. The van der Waals surface area contributed by atoms with Crippen molar-refractivity contribution >= 4 is 35.5 Å². The lowest BCUT2D eigenvalue weighted by atomic mass is 10.2. The van der Waals surface area contributed by atoms with Gasteiger partial charge in [-0.15, -0.1) is 0 Å². The Kier molecular flexibility index (Phi) is 10.7. The highest BCUT2D eigenvalue weighted by atomic mass is 32.2. The van der Waals surface area contributed by atoms with Crippen molar-refractivity contribution in [2.24, 2.45) is 5.73 Å². The van der Waals surface area contributed by atoms with Crippen LogP contribution < -0.4 is 21.7 Å². The molecule has 132 valence electrons. The first kappa shape index (κ1) is 21.1. The fourth-order valence-corrected chi connectivity index (χ4v) is 1.86. The van der Waals surface area contributed by atoms with Gasteiger partial charge in [0.05, 0.1) is 13.2 Å². The normalized spacial score (nSPS) is 12.8. The SMILES string of the molecule is CSCCC(NC(=O)C(N)CO)C(=O)NCC(=O)NCC(=O)O. The zero-order chi connectivity index (χ0) is 17.8. The van der Waals surface area contributed by atoms with Crippen LogP contribution in [0.15, 0.2) is 0 Å². The molecule has 0 aliphatic heterocycles. The third kappa shape index (κ3) is 9.71. The van der Waals surface area contributed by atoms with Gasteiger partial charge in [-0.05, 0) is 18.4 Å². The van der Waals surface area contributed by atoms with Gasteiger partial charge < -0.3 is 31.9 Å². The molecule has 0 saturated heterocycles. The van der Waals surface area contributed by atoms with Gasteiger partial charge in [-0.1, -0.05) is 0 Å². The Morgan fingerprint density at radius 1 is 1.13 bits per heavy atom. The molecule has 3 amide bonds. The van der Waals surface area contributed by atoms with Gasteiger partial charge in [0.15, 0.2) is 0 Å². The van der Waals surface area contributed by atoms with E-state index >= 15 is 0 Å². The summed E-state index contributed by atoms with van der Waals surface area (Å²) in [6.07, 6.45) is 2.14. The van der Waals surface area contributed by atoms with E-state index in [1.807, 2.05) is 6.26 Å². The van der Waals surface area contributed by atoms with Crippen LogP contribution in [-0.2, 0) is 19.2 Å². The first-order chi connectivity index (χ1) is 10.8. The van der Waals surface area contributed by atoms with Crippen molar-refractivity contribution in [3.05, 3.63) is 0 Å². The number of carboxylic acid groups (broad SMARTS) is 1. The van der Waals surface area contributed by atoms with Crippen molar-refractivity contribution in [3.63, 3.8) is 0 Å². The van der Waals surface area contributed by atoms with Gasteiger partial charge in [-0.3, -0.25) is 19.2 Å². The second kappa shape index (κ2) is 11.7. The summed E-state index contributed by atoms with van der Waals surface area (Å²) in [4.78, 5) is 45.3. The number of thioether (sulfide) groups is 1. The average molecular weight is 350 g/mol. The molecule has 0 fully saturated rings. The Labute approximate surface area is 137 Å². The standard InChI is InChI=1S/C12H22N4O6S/c1-23-3-2-8(16-11(21)7(13)6-17)12(22)15-4-9(18)14-5-10(19)20/h7-8,17H,2-6,13H2,1H3,(H,14,18)(H,15,22)(H,16,21)(H,19,20). The summed E-state index contributed by atoms with van der Waals surface area (Å²) in [6.45, 7) is -1.52. The maximum Gasteiger partial charge on any atom is 0.322 e. The number of aliphatic carboxylic acids is 1. The summed E-state index contributed by atoms with van der Waals surface area (Å²) in [7, 11) is 0. The van der Waals surface area contributed by atoms with Crippen LogP contribution in [0.4, 0.5) is 0 Å². The molecule has 10 nitrogen and oxygen atoms in total. The highest BCUT2D eigenvalue weighted by Gasteiger charge is 2.23. The van der Waals surface area contributed by atoms with Gasteiger partial charge in [0.25, 0.3) is 0 Å². The van der Waals surface area contributed by atoms with E-state index in [4.69, 9.17) is 15.9 Å². The number of hydrogen-bond donors (Lipinski definition) is 6. The minimum absolute atomic E-state index is 0.313. The van der Waals surface area contributed by atoms with Crippen LogP contribution >= 0.6 is 11.8 Å². The van der Waals surface area contributed by atoms with Gasteiger partial charge in [-0.2, -0.15) is 11.8 Å². The summed E-state index contributed by atoms with van der Waals surface area (Å²) < 4.78 is 0. The predicted molar refractivity (Wildman–Crippen MR) is 83.6 cm³/mol. The van der Waals surface area contributed by atoms with Crippen molar-refractivity contribution in [1.82, 2.24) is 16.0 Å². The van der Waals surface area contributed by atoms with E-state index in [0.717, 1.165) is 0 Å². The maximum absolute atomic E-state index is 12.0. The fraction of sp³-hybridized carbons (Fsp3) is 0.667. The molecule has 0 saturated carbocycles. The molecule has 7 N–H and O–H groups in total. The monoisotopic (exact) mass is 350 g/mol. The predicted octanol–water partition coefficient (Wildman–Crippen LogP) is -3.14. The molecule has 0 bridgehead atoms. The summed E-state index contributed by atoms with van der Waals surface area (Å²) in [5.41, 5.74) is 5.36. The van der Waals surface area contributed by atoms with Gasteiger partial charge in [0, 0.05) is 0 Å². The largest absolute Gasteiger partial charge is 0.480 e. The number of hydrogen-bond acceptors (Lipinski definition) is 7. The van der Waals surface area contributed by atoms with Crippen molar-refractivity contribution in [2.75, 3.05) is 31.7 Å². The molecule has 0 radical (unpaired) electrons. The Balaban J connectivity index is 4.47. The summed E-state index contributed by atoms with van der Waals surface area (Å²) in [5, 5.41) is 24.0. The van der Waals surface area contributed by atoms with Crippen LogP contribution in [0.2, 0.25) is 0 Å². The van der Waals surface area contributed by atoms with Crippen LogP contribution in [0, 0.1) is 0 Å². The lowest BCUT2D eigenvalue weighted by molar-refractivity contribution is -0.138. The first-order valence-corrected chi connectivity index (χ1v) is 8.13. The van der Waals surface area contributed by atoms with E-state index in [1.165, 1.54) is 11.8 Å². The number of amides is 3. The van der Waals surface area contributed by atoms with Crippen molar-refractivity contribution in [1.29, 1.82) is 0 Å². The molecule has 0 aromatic heterocycles. The van der Waals surface area contributed by atoms with Crippen molar-refractivity contribution < 1.29 is 29.4 Å². The number of aliphatic hydroxyl groups is 1. The fourth-order valence-electron chi connectivity index (χ4n) is 1.39. The minimum atomic E-state index is -1.20. The molecule has 0 aromatic rings. The maximum atomic E-state index is 12.0.